The number of aromatic nitrogens is 6. The van der Waals surface area contributed by atoms with Crippen LogP contribution in [-0.4, -0.2) is 30.2 Å². The third-order valence-electron chi connectivity index (χ3n) is 3.01. The first-order valence-corrected chi connectivity index (χ1v) is 7.21. The molecule has 21 heavy (non-hydrogen) atoms. The largest absolute Gasteiger partial charge is 0.333 e. The van der Waals surface area contributed by atoms with Gasteiger partial charge in [0.05, 0.1) is 17.1 Å². The second-order valence-corrected chi connectivity index (χ2v) is 5.86. The molecule has 6 nitrogen and oxygen atoms in total. The molecular weight excluding hydrogens is 291 g/mol. The summed E-state index contributed by atoms with van der Waals surface area (Å²) in [6.45, 7) is 2.01. The number of nitrogens with zero attached hydrogens (tertiary/aromatic N) is 5. The molecule has 3 rings (SSSR count). The molecule has 108 valence electrons. The molecule has 0 saturated heterocycles. The number of aryl methyl sites for hydroxylation is 1. The highest BCUT2D eigenvalue weighted by molar-refractivity contribution is 7.99. The summed E-state index contributed by atoms with van der Waals surface area (Å²) in [5, 5.41) is 12.3. The topological polar surface area (TPSA) is 72.3 Å². The normalized spacial score (nSPS) is 12.5. The Morgan fingerprint density at radius 2 is 2.05 bits per heavy atom. The maximum absolute atomic E-state index is 12.9. The molecule has 0 aliphatic carbocycles. The molecule has 0 unspecified atom stereocenters. The van der Waals surface area contributed by atoms with Crippen LogP contribution in [0.3, 0.4) is 0 Å². The van der Waals surface area contributed by atoms with Gasteiger partial charge < -0.3 is 4.98 Å². The minimum atomic E-state index is -0.253. The van der Waals surface area contributed by atoms with Gasteiger partial charge in [0.1, 0.15) is 5.82 Å². The van der Waals surface area contributed by atoms with Crippen molar-refractivity contribution in [2.75, 3.05) is 0 Å². The van der Waals surface area contributed by atoms with Gasteiger partial charge >= 0.3 is 0 Å². The molecule has 0 aliphatic heterocycles. The third-order valence-corrected chi connectivity index (χ3v) is 4.01. The van der Waals surface area contributed by atoms with Crippen LogP contribution in [0.5, 0.6) is 0 Å². The summed E-state index contributed by atoms with van der Waals surface area (Å²) in [7, 11) is 1.80. The van der Waals surface area contributed by atoms with E-state index in [9.17, 15) is 4.39 Å². The molecule has 0 saturated carbocycles. The molecule has 1 aromatic carbocycles. The van der Waals surface area contributed by atoms with Gasteiger partial charge in [0.2, 0.25) is 0 Å². The maximum Gasteiger partial charge on any atom is 0.166 e. The molecule has 2 aromatic heterocycles. The van der Waals surface area contributed by atoms with E-state index < -0.39 is 0 Å². The van der Waals surface area contributed by atoms with E-state index in [0.29, 0.717) is 0 Å². The Morgan fingerprint density at radius 3 is 2.71 bits per heavy atom. The van der Waals surface area contributed by atoms with Crippen molar-refractivity contribution in [2.24, 2.45) is 7.05 Å². The van der Waals surface area contributed by atoms with E-state index in [1.807, 2.05) is 6.92 Å². The monoisotopic (exact) mass is 304 g/mol. The summed E-state index contributed by atoms with van der Waals surface area (Å²) in [5.41, 5.74) is 1.74. The van der Waals surface area contributed by atoms with Crippen molar-refractivity contribution in [3.63, 3.8) is 0 Å². The Bertz CT molecular complexity index is 735. The molecule has 0 radical (unpaired) electrons. The molecule has 3 aromatic rings. The Labute approximate surface area is 124 Å². The number of hydrogen-bond donors (Lipinski definition) is 1. The predicted octanol–water partition coefficient (Wildman–Crippen LogP) is 2.59. The van der Waals surface area contributed by atoms with Gasteiger partial charge in [-0.25, -0.2) is 14.1 Å². The second-order valence-electron chi connectivity index (χ2n) is 4.53. The van der Waals surface area contributed by atoms with Crippen LogP contribution in [0.1, 0.15) is 18.0 Å². The average molecular weight is 304 g/mol. The van der Waals surface area contributed by atoms with Crippen molar-refractivity contribution in [3.8, 4) is 11.3 Å². The first-order valence-electron chi connectivity index (χ1n) is 6.33. The highest BCUT2D eigenvalue weighted by Crippen LogP contribution is 2.32. The molecule has 2 heterocycles. The zero-order chi connectivity index (χ0) is 14.8. The zero-order valence-electron chi connectivity index (χ0n) is 11.5. The van der Waals surface area contributed by atoms with Gasteiger partial charge in [0, 0.05) is 7.05 Å². The van der Waals surface area contributed by atoms with Gasteiger partial charge in [-0.05, 0) is 47.2 Å². The molecule has 0 spiro atoms. The van der Waals surface area contributed by atoms with E-state index in [-0.39, 0.29) is 11.1 Å². The van der Waals surface area contributed by atoms with E-state index in [4.69, 9.17) is 0 Å². The predicted molar refractivity (Wildman–Crippen MR) is 77.1 cm³/mol. The number of thioether (sulfide) groups is 1. The van der Waals surface area contributed by atoms with Crippen molar-refractivity contribution >= 4 is 11.8 Å². The lowest BCUT2D eigenvalue weighted by Crippen LogP contribution is -2.01. The van der Waals surface area contributed by atoms with Gasteiger partial charge in [0.25, 0.3) is 0 Å². The fourth-order valence-corrected chi connectivity index (χ4v) is 2.86. The van der Waals surface area contributed by atoms with Crippen molar-refractivity contribution in [3.05, 3.63) is 42.1 Å². The first-order chi connectivity index (χ1) is 10.1. The standard InChI is InChI=1S/C13H13FN6S/c1-8(12-17-18-19-20(12)2)21-13-15-7-11(16-13)9-3-5-10(14)6-4-9/h3-8H,1-2H3,(H,15,16)/t8-/m1/s1. The Kier molecular flexibility index (Phi) is 3.70. The number of hydrogen-bond acceptors (Lipinski definition) is 5. The quantitative estimate of drug-likeness (QED) is 0.750. The maximum atomic E-state index is 12.9. The summed E-state index contributed by atoms with van der Waals surface area (Å²) < 4.78 is 14.6. The van der Waals surface area contributed by atoms with Crippen LogP contribution in [0.25, 0.3) is 11.3 Å². The third kappa shape index (κ3) is 2.94. The highest BCUT2D eigenvalue weighted by atomic mass is 32.2. The number of nitrogens with one attached hydrogen (secondary N) is 1. The van der Waals surface area contributed by atoms with Gasteiger partial charge in [-0.15, -0.1) is 5.10 Å². The lowest BCUT2D eigenvalue weighted by molar-refractivity contribution is 0.628. The molecule has 0 amide bonds. The summed E-state index contributed by atoms with van der Waals surface area (Å²) >= 11 is 1.53. The lowest BCUT2D eigenvalue weighted by Gasteiger charge is -2.06. The number of rotatable bonds is 4. The molecule has 0 aliphatic rings. The van der Waals surface area contributed by atoms with E-state index in [0.717, 1.165) is 22.2 Å². The minimum Gasteiger partial charge on any atom is -0.333 e. The number of H-pyrrole nitrogens is 1. The summed E-state index contributed by atoms with van der Waals surface area (Å²) in [5.74, 6) is 0.524. The molecule has 8 heteroatoms. The van der Waals surface area contributed by atoms with Gasteiger partial charge in [0.15, 0.2) is 11.0 Å². The molecule has 0 fully saturated rings. The lowest BCUT2D eigenvalue weighted by atomic mass is 10.2. The van der Waals surface area contributed by atoms with Crippen molar-refractivity contribution in [2.45, 2.75) is 17.3 Å². The Balaban J connectivity index is 1.76. The second kappa shape index (κ2) is 5.65. The van der Waals surface area contributed by atoms with Crippen LogP contribution in [0.15, 0.2) is 35.6 Å². The number of halogens is 1. The van der Waals surface area contributed by atoms with Crippen molar-refractivity contribution < 1.29 is 4.39 Å². The van der Waals surface area contributed by atoms with E-state index in [1.165, 1.54) is 23.9 Å². The van der Waals surface area contributed by atoms with Crippen LogP contribution < -0.4 is 0 Å². The van der Waals surface area contributed by atoms with E-state index >= 15 is 0 Å². The molecule has 1 N–H and O–H groups in total. The smallest absolute Gasteiger partial charge is 0.166 e. The van der Waals surface area contributed by atoms with Gasteiger partial charge in [-0.2, -0.15) is 0 Å². The number of aromatic amines is 1. The number of tetrazole rings is 1. The first kappa shape index (κ1) is 13.7. The van der Waals surface area contributed by atoms with Crippen LogP contribution in [0, 0.1) is 5.82 Å². The Morgan fingerprint density at radius 1 is 1.29 bits per heavy atom. The van der Waals surface area contributed by atoms with E-state index in [2.05, 4.69) is 25.5 Å². The SMILES string of the molecule is C[C@@H](Sc1ncc(-c2ccc(F)cc2)[nH]1)c1nnnn1C. The summed E-state index contributed by atoms with van der Waals surface area (Å²) in [4.78, 5) is 7.54. The molecule has 1 atom stereocenters. The van der Waals surface area contributed by atoms with E-state index in [1.54, 1.807) is 30.1 Å². The minimum absolute atomic E-state index is 0.0669. The van der Waals surface area contributed by atoms with Crippen LogP contribution in [0.4, 0.5) is 4.39 Å². The van der Waals surface area contributed by atoms with Crippen molar-refractivity contribution in [1.29, 1.82) is 0 Å². The average Bonchev–Trinajstić information content (AvgIpc) is 3.09. The van der Waals surface area contributed by atoms with Gasteiger partial charge in [-0.1, -0.05) is 11.8 Å². The van der Waals surface area contributed by atoms with Crippen LogP contribution in [-0.2, 0) is 7.05 Å². The fourth-order valence-electron chi connectivity index (χ4n) is 1.94. The van der Waals surface area contributed by atoms with Crippen LogP contribution >= 0.6 is 11.8 Å². The summed E-state index contributed by atoms with van der Waals surface area (Å²) in [6, 6.07) is 6.29. The number of imidazole rings is 1. The Hall–Kier alpha value is -2.22. The molecular formula is C13H13FN6S. The fraction of sp³-hybridized carbons (Fsp3) is 0.231. The highest BCUT2D eigenvalue weighted by Gasteiger charge is 2.16. The summed E-state index contributed by atoms with van der Waals surface area (Å²) in [6.07, 6.45) is 1.73. The van der Waals surface area contributed by atoms with Gasteiger partial charge in [-0.3, -0.25) is 0 Å². The van der Waals surface area contributed by atoms with Crippen molar-refractivity contribution in [1.82, 2.24) is 30.2 Å². The molecule has 0 bridgehead atoms. The van der Waals surface area contributed by atoms with Crippen LogP contribution in [0.2, 0.25) is 0 Å². The number of benzene rings is 1. The zero-order valence-corrected chi connectivity index (χ0v) is 12.3.